The lowest BCUT2D eigenvalue weighted by atomic mass is 10.2. The highest BCUT2D eigenvalue weighted by Crippen LogP contribution is 2.22. The fourth-order valence-electron chi connectivity index (χ4n) is 1.68. The second-order valence-electron chi connectivity index (χ2n) is 3.60. The maximum absolute atomic E-state index is 11.7. The van der Waals surface area contributed by atoms with E-state index in [9.17, 15) is 4.79 Å². The number of carbonyl (C=O) groups is 1. The normalized spacial score (nSPS) is 20.5. The summed E-state index contributed by atoms with van der Waals surface area (Å²) in [4.78, 5) is 12.5. The SMILES string of the molecule is O=C(NCC1CCCN1)c1sccc1Br. The number of thiophene rings is 1. The lowest BCUT2D eigenvalue weighted by molar-refractivity contribution is 0.0953. The molecule has 1 aromatic rings. The minimum atomic E-state index is 0.0191. The third-order valence-electron chi connectivity index (χ3n) is 2.49. The van der Waals surface area contributed by atoms with Gasteiger partial charge in [-0.2, -0.15) is 0 Å². The minimum Gasteiger partial charge on any atom is -0.350 e. The predicted octanol–water partition coefficient (Wildman–Crippen LogP) is 1.99. The lowest BCUT2D eigenvalue weighted by Gasteiger charge is -2.10. The number of hydrogen-bond acceptors (Lipinski definition) is 3. The summed E-state index contributed by atoms with van der Waals surface area (Å²) in [5.74, 6) is 0.0191. The molecule has 1 aromatic heterocycles. The van der Waals surface area contributed by atoms with Crippen molar-refractivity contribution in [3.63, 3.8) is 0 Å². The molecule has 0 aliphatic carbocycles. The molecular weight excluding hydrogens is 276 g/mol. The Morgan fingerprint density at radius 3 is 3.20 bits per heavy atom. The molecule has 0 bridgehead atoms. The molecule has 1 unspecified atom stereocenters. The Hall–Kier alpha value is -0.390. The van der Waals surface area contributed by atoms with Crippen molar-refractivity contribution >= 4 is 33.2 Å². The molecule has 1 aliphatic heterocycles. The van der Waals surface area contributed by atoms with Crippen LogP contribution >= 0.6 is 27.3 Å². The van der Waals surface area contributed by atoms with Crippen LogP contribution in [0.5, 0.6) is 0 Å². The van der Waals surface area contributed by atoms with Crippen LogP contribution in [0.2, 0.25) is 0 Å². The molecular formula is C10H13BrN2OS. The molecule has 2 heterocycles. The Bertz CT molecular complexity index is 347. The summed E-state index contributed by atoms with van der Waals surface area (Å²) in [6.07, 6.45) is 2.37. The zero-order chi connectivity index (χ0) is 10.7. The zero-order valence-corrected chi connectivity index (χ0v) is 10.7. The number of rotatable bonds is 3. The van der Waals surface area contributed by atoms with E-state index in [1.807, 2.05) is 11.4 Å². The quantitative estimate of drug-likeness (QED) is 0.893. The van der Waals surface area contributed by atoms with Crippen LogP contribution in [-0.2, 0) is 0 Å². The summed E-state index contributed by atoms with van der Waals surface area (Å²) in [6.45, 7) is 1.80. The summed E-state index contributed by atoms with van der Waals surface area (Å²) >= 11 is 4.82. The first-order chi connectivity index (χ1) is 7.27. The van der Waals surface area contributed by atoms with E-state index >= 15 is 0 Å². The van der Waals surface area contributed by atoms with Crippen LogP contribution in [0.4, 0.5) is 0 Å². The van der Waals surface area contributed by atoms with Crippen molar-refractivity contribution in [2.75, 3.05) is 13.1 Å². The summed E-state index contributed by atoms with van der Waals surface area (Å²) in [6, 6.07) is 2.35. The number of carbonyl (C=O) groups excluding carboxylic acids is 1. The van der Waals surface area contributed by atoms with Gasteiger partial charge in [-0.3, -0.25) is 4.79 Å². The zero-order valence-electron chi connectivity index (χ0n) is 8.25. The van der Waals surface area contributed by atoms with Gasteiger partial charge in [0.15, 0.2) is 0 Å². The highest BCUT2D eigenvalue weighted by Gasteiger charge is 2.16. The Kier molecular flexibility index (Phi) is 3.77. The van der Waals surface area contributed by atoms with Crippen LogP contribution in [0.3, 0.4) is 0 Å². The number of nitrogens with one attached hydrogen (secondary N) is 2. The maximum atomic E-state index is 11.7. The fourth-order valence-corrected chi connectivity index (χ4v) is 3.15. The van der Waals surface area contributed by atoms with Crippen molar-refractivity contribution in [3.8, 4) is 0 Å². The number of hydrogen-bond donors (Lipinski definition) is 2. The first-order valence-corrected chi connectivity index (χ1v) is 6.69. The average Bonchev–Trinajstić information content (AvgIpc) is 2.84. The topological polar surface area (TPSA) is 41.1 Å². The summed E-state index contributed by atoms with van der Waals surface area (Å²) < 4.78 is 0.879. The van der Waals surface area contributed by atoms with Gasteiger partial charge in [-0.05, 0) is 46.8 Å². The summed E-state index contributed by atoms with van der Waals surface area (Å²) in [5, 5.41) is 8.21. The van der Waals surface area contributed by atoms with Crippen LogP contribution < -0.4 is 10.6 Å². The summed E-state index contributed by atoms with van der Waals surface area (Å²) in [5.41, 5.74) is 0. The number of amides is 1. The van der Waals surface area contributed by atoms with Crippen LogP contribution in [0.25, 0.3) is 0 Å². The van der Waals surface area contributed by atoms with Crippen LogP contribution in [-0.4, -0.2) is 25.0 Å². The molecule has 5 heteroatoms. The van der Waals surface area contributed by atoms with Crippen LogP contribution in [0.1, 0.15) is 22.5 Å². The van der Waals surface area contributed by atoms with E-state index in [0.717, 1.165) is 28.9 Å². The molecule has 3 nitrogen and oxygen atoms in total. The molecule has 0 spiro atoms. The van der Waals surface area contributed by atoms with Gasteiger partial charge in [0.2, 0.25) is 0 Å². The van der Waals surface area contributed by atoms with Gasteiger partial charge in [-0.15, -0.1) is 11.3 Å². The molecule has 1 aliphatic rings. The van der Waals surface area contributed by atoms with Crippen molar-refractivity contribution < 1.29 is 4.79 Å². The van der Waals surface area contributed by atoms with Gasteiger partial charge < -0.3 is 10.6 Å². The van der Waals surface area contributed by atoms with Gasteiger partial charge in [0.1, 0.15) is 4.88 Å². The second kappa shape index (κ2) is 5.09. The Labute approximate surface area is 101 Å². The molecule has 0 aromatic carbocycles. The van der Waals surface area contributed by atoms with E-state index in [4.69, 9.17) is 0 Å². The van der Waals surface area contributed by atoms with Gasteiger partial charge in [0.05, 0.1) is 0 Å². The molecule has 1 atom stereocenters. The fraction of sp³-hybridized carbons (Fsp3) is 0.500. The van der Waals surface area contributed by atoms with E-state index in [1.165, 1.54) is 17.8 Å². The maximum Gasteiger partial charge on any atom is 0.262 e. The van der Waals surface area contributed by atoms with E-state index < -0.39 is 0 Å². The standard InChI is InChI=1S/C10H13BrN2OS/c11-8-3-5-15-9(8)10(14)13-6-7-2-1-4-12-7/h3,5,7,12H,1-2,4,6H2,(H,13,14). The highest BCUT2D eigenvalue weighted by molar-refractivity contribution is 9.10. The smallest absolute Gasteiger partial charge is 0.262 e. The molecule has 15 heavy (non-hydrogen) atoms. The molecule has 2 N–H and O–H groups in total. The van der Waals surface area contributed by atoms with Crippen molar-refractivity contribution in [2.45, 2.75) is 18.9 Å². The minimum absolute atomic E-state index is 0.0191. The van der Waals surface area contributed by atoms with E-state index in [0.29, 0.717) is 6.04 Å². The van der Waals surface area contributed by atoms with Crippen molar-refractivity contribution in [1.82, 2.24) is 10.6 Å². The molecule has 0 radical (unpaired) electrons. The highest BCUT2D eigenvalue weighted by atomic mass is 79.9. The molecule has 2 rings (SSSR count). The van der Waals surface area contributed by atoms with Gasteiger partial charge in [0, 0.05) is 17.1 Å². The largest absolute Gasteiger partial charge is 0.350 e. The molecule has 0 saturated carbocycles. The first kappa shape index (κ1) is 11.1. The summed E-state index contributed by atoms with van der Waals surface area (Å²) in [7, 11) is 0. The molecule has 1 saturated heterocycles. The van der Waals surface area contributed by atoms with Gasteiger partial charge >= 0.3 is 0 Å². The Morgan fingerprint density at radius 1 is 1.73 bits per heavy atom. The number of halogens is 1. The average molecular weight is 289 g/mol. The molecule has 1 fully saturated rings. The third-order valence-corrected chi connectivity index (χ3v) is 4.33. The lowest BCUT2D eigenvalue weighted by Crippen LogP contribution is -2.36. The monoisotopic (exact) mass is 288 g/mol. The van der Waals surface area contributed by atoms with Crippen molar-refractivity contribution in [2.24, 2.45) is 0 Å². The van der Waals surface area contributed by atoms with E-state index in [2.05, 4.69) is 26.6 Å². The van der Waals surface area contributed by atoms with Crippen LogP contribution in [0.15, 0.2) is 15.9 Å². The van der Waals surface area contributed by atoms with Gasteiger partial charge in [-0.1, -0.05) is 0 Å². The molecule has 1 amide bonds. The Balaban J connectivity index is 1.84. The van der Waals surface area contributed by atoms with Crippen LogP contribution in [0, 0.1) is 0 Å². The van der Waals surface area contributed by atoms with Gasteiger partial charge in [-0.25, -0.2) is 0 Å². The van der Waals surface area contributed by atoms with E-state index in [1.54, 1.807) is 0 Å². The van der Waals surface area contributed by atoms with Crippen molar-refractivity contribution in [3.05, 3.63) is 20.8 Å². The second-order valence-corrected chi connectivity index (χ2v) is 5.37. The first-order valence-electron chi connectivity index (χ1n) is 5.02. The third kappa shape index (κ3) is 2.80. The Morgan fingerprint density at radius 2 is 2.60 bits per heavy atom. The van der Waals surface area contributed by atoms with E-state index in [-0.39, 0.29) is 5.91 Å². The van der Waals surface area contributed by atoms with Crippen molar-refractivity contribution in [1.29, 1.82) is 0 Å². The van der Waals surface area contributed by atoms with Gasteiger partial charge in [0.25, 0.3) is 5.91 Å². The molecule has 82 valence electrons. The predicted molar refractivity (Wildman–Crippen MR) is 65.4 cm³/mol.